The van der Waals surface area contributed by atoms with Crippen LogP contribution in [0.5, 0.6) is 0 Å². The number of hydrogen-bond donors (Lipinski definition) is 1. The fourth-order valence-electron chi connectivity index (χ4n) is 2.05. The molecule has 0 spiro atoms. The zero-order chi connectivity index (χ0) is 15.2. The standard InChI is InChI=1S/C15H24ClN3O/c1-5-6-7-8-15(3,4)10-17-14-12(9-20)13(16)18-11(2)19-14/h9H,5-8,10H2,1-4H3,(H,17,18,19). The van der Waals surface area contributed by atoms with Crippen LogP contribution in [0.25, 0.3) is 0 Å². The number of aromatic nitrogens is 2. The summed E-state index contributed by atoms with van der Waals surface area (Å²) in [5.74, 6) is 1.09. The van der Waals surface area contributed by atoms with Gasteiger partial charge in [0.1, 0.15) is 16.8 Å². The van der Waals surface area contributed by atoms with Gasteiger partial charge in [-0.3, -0.25) is 4.79 Å². The Morgan fingerprint density at radius 1 is 1.30 bits per heavy atom. The number of aryl methyl sites for hydroxylation is 1. The third-order valence-corrected chi connectivity index (χ3v) is 3.61. The molecular weight excluding hydrogens is 274 g/mol. The summed E-state index contributed by atoms with van der Waals surface area (Å²) in [5, 5.41) is 3.45. The summed E-state index contributed by atoms with van der Waals surface area (Å²) in [6, 6.07) is 0. The van der Waals surface area contributed by atoms with E-state index in [1.807, 2.05) is 0 Å². The van der Waals surface area contributed by atoms with Gasteiger partial charge < -0.3 is 5.32 Å². The quantitative estimate of drug-likeness (QED) is 0.442. The van der Waals surface area contributed by atoms with Crippen molar-refractivity contribution in [1.82, 2.24) is 9.97 Å². The number of nitrogens with zero attached hydrogens (tertiary/aromatic N) is 2. The number of hydrogen-bond acceptors (Lipinski definition) is 4. The summed E-state index contributed by atoms with van der Waals surface area (Å²) in [6.45, 7) is 9.15. The lowest BCUT2D eigenvalue weighted by Crippen LogP contribution is -2.24. The number of carbonyl (C=O) groups is 1. The van der Waals surface area contributed by atoms with Gasteiger partial charge in [0.25, 0.3) is 0 Å². The number of aldehydes is 1. The number of anilines is 1. The lowest BCUT2D eigenvalue weighted by Gasteiger charge is -2.25. The SMILES string of the molecule is CCCCCC(C)(C)CNc1nc(C)nc(Cl)c1C=O. The smallest absolute Gasteiger partial charge is 0.156 e. The molecule has 1 N–H and O–H groups in total. The van der Waals surface area contributed by atoms with Gasteiger partial charge in [-0.1, -0.05) is 51.6 Å². The summed E-state index contributed by atoms with van der Waals surface area (Å²) < 4.78 is 0. The van der Waals surface area contributed by atoms with Crippen molar-refractivity contribution >= 4 is 23.7 Å². The Labute approximate surface area is 126 Å². The van der Waals surface area contributed by atoms with Crippen molar-refractivity contribution in [1.29, 1.82) is 0 Å². The highest BCUT2D eigenvalue weighted by Gasteiger charge is 2.19. The number of carbonyl (C=O) groups excluding carboxylic acids is 1. The van der Waals surface area contributed by atoms with Crippen LogP contribution in [0.15, 0.2) is 0 Å². The van der Waals surface area contributed by atoms with Crippen LogP contribution in [0.3, 0.4) is 0 Å². The third kappa shape index (κ3) is 5.08. The lowest BCUT2D eigenvalue weighted by atomic mass is 9.87. The predicted molar refractivity (Wildman–Crippen MR) is 83.6 cm³/mol. The first-order chi connectivity index (χ1) is 9.39. The Morgan fingerprint density at radius 2 is 2.00 bits per heavy atom. The fraction of sp³-hybridized carbons (Fsp3) is 0.667. The molecule has 0 atom stereocenters. The normalized spacial score (nSPS) is 11.4. The molecule has 0 unspecified atom stereocenters. The number of nitrogens with one attached hydrogen (secondary N) is 1. The molecule has 0 saturated heterocycles. The van der Waals surface area contributed by atoms with Crippen molar-refractivity contribution in [3.05, 3.63) is 16.5 Å². The molecule has 0 fully saturated rings. The van der Waals surface area contributed by atoms with Crippen molar-refractivity contribution in [2.24, 2.45) is 5.41 Å². The molecule has 0 radical (unpaired) electrons. The van der Waals surface area contributed by atoms with E-state index in [9.17, 15) is 4.79 Å². The largest absolute Gasteiger partial charge is 0.369 e. The van der Waals surface area contributed by atoms with Crippen LogP contribution < -0.4 is 5.32 Å². The molecule has 20 heavy (non-hydrogen) atoms. The Morgan fingerprint density at radius 3 is 2.60 bits per heavy atom. The molecule has 1 aromatic rings. The highest BCUT2D eigenvalue weighted by molar-refractivity contribution is 6.32. The second-order valence-corrected chi connectivity index (χ2v) is 6.27. The van der Waals surface area contributed by atoms with Gasteiger partial charge >= 0.3 is 0 Å². The molecule has 0 aromatic carbocycles. The summed E-state index contributed by atoms with van der Waals surface area (Å²) in [4.78, 5) is 19.4. The second-order valence-electron chi connectivity index (χ2n) is 5.92. The van der Waals surface area contributed by atoms with Gasteiger partial charge in [-0.15, -0.1) is 0 Å². The second kappa shape index (κ2) is 7.58. The van der Waals surface area contributed by atoms with E-state index >= 15 is 0 Å². The van der Waals surface area contributed by atoms with Crippen LogP contribution in [-0.2, 0) is 0 Å². The number of halogens is 1. The van der Waals surface area contributed by atoms with E-state index in [1.165, 1.54) is 19.3 Å². The van der Waals surface area contributed by atoms with Gasteiger partial charge in [0.2, 0.25) is 0 Å². The average molecular weight is 298 g/mol. The minimum atomic E-state index is 0.153. The molecule has 0 aliphatic carbocycles. The monoisotopic (exact) mass is 297 g/mol. The van der Waals surface area contributed by atoms with Gasteiger partial charge in [-0.05, 0) is 18.8 Å². The maximum absolute atomic E-state index is 11.1. The van der Waals surface area contributed by atoms with E-state index in [1.54, 1.807) is 6.92 Å². The van der Waals surface area contributed by atoms with E-state index in [0.717, 1.165) is 13.0 Å². The van der Waals surface area contributed by atoms with Crippen molar-refractivity contribution in [2.75, 3.05) is 11.9 Å². The maximum Gasteiger partial charge on any atom is 0.156 e. The summed E-state index contributed by atoms with van der Waals surface area (Å²) in [5.41, 5.74) is 0.488. The van der Waals surface area contributed by atoms with Crippen LogP contribution in [-0.4, -0.2) is 22.8 Å². The molecule has 1 heterocycles. The molecule has 0 aliphatic rings. The first-order valence-corrected chi connectivity index (χ1v) is 7.50. The molecule has 0 bridgehead atoms. The molecule has 0 amide bonds. The fourth-order valence-corrected chi connectivity index (χ4v) is 2.31. The van der Waals surface area contributed by atoms with E-state index in [-0.39, 0.29) is 10.6 Å². The van der Waals surface area contributed by atoms with Crippen molar-refractivity contribution in [2.45, 2.75) is 53.4 Å². The van der Waals surface area contributed by atoms with Gasteiger partial charge in [0.15, 0.2) is 6.29 Å². The van der Waals surface area contributed by atoms with Crippen molar-refractivity contribution < 1.29 is 4.79 Å². The summed E-state index contributed by atoms with van der Waals surface area (Å²) >= 11 is 5.96. The van der Waals surface area contributed by atoms with Gasteiger partial charge in [-0.25, -0.2) is 9.97 Å². The number of unbranched alkanes of at least 4 members (excludes halogenated alkanes) is 2. The summed E-state index contributed by atoms with van der Waals surface area (Å²) in [7, 11) is 0. The topological polar surface area (TPSA) is 54.9 Å². The Balaban J connectivity index is 2.71. The molecule has 0 aliphatic heterocycles. The molecule has 1 rings (SSSR count). The van der Waals surface area contributed by atoms with Crippen LogP contribution in [0.2, 0.25) is 5.15 Å². The zero-order valence-electron chi connectivity index (χ0n) is 12.8. The van der Waals surface area contributed by atoms with Crippen LogP contribution in [0, 0.1) is 12.3 Å². The minimum absolute atomic E-state index is 0.153. The predicted octanol–water partition coefficient (Wildman–Crippen LogP) is 4.27. The molecule has 4 nitrogen and oxygen atoms in total. The van der Waals surface area contributed by atoms with E-state index in [4.69, 9.17) is 11.6 Å². The Hall–Kier alpha value is -1.16. The molecule has 1 aromatic heterocycles. The summed E-state index contributed by atoms with van der Waals surface area (Å²) in [6.07, 6.45) is 5.53. The van der Waals surface area contributed by atoms with Crippen LogP contribution in [0.1, 0.15) is 62.6 Å². The zero-order valence-corrected chi connectivity index (χ0v) is 13.5. The Bertz CT molecular complexity index is 461. The highest BCUT2D eigenvalue weighted by Crippen LogP contribution is 2.26. The Kier molecular flexibility index (Phi) is 6.40. The number of rotatable bonds is 8. The van der Waals surface area contributed by atoms with Crippen molar-refractivity contribution in [3.8, 4) is 0 Å². The van der Waals surface area contributed by atoms with Gasteiger partial charge in [0.05, 0.1) is 5.56 Å². The van der Waals surface area contributed by atoms with E-state index in [2.05, 4.69) is 36.1 Å². The first-order valence-electron chi connectivity index (χ1n) is 7.13. The van der Waals surface area contributed by atoms with E-state index in [0.29, 0.717) is 23.5 Å². The van der Waals surface area contributed by atoms with E-state index < -0.39 is 0 Å². The highest BCUT2D eigenvalue weighted by atomic mass is 35.5. The maximum atomic E-state index is 11.1. The molecular formula is C15H24ClN3O. The molecule has 0 saturated carbocycles. The molecule has 112 valence electrons. The third-order valence-electron chi connectivity index (χ3n) is 3.32. The first kappa shape index (κ1) is 16.9. The van der Waals surface area contributed by atoms with Crippen LogP contribution in [0.4, 0.5) is 5.82 Å². The molecule has 5 heteroatoms. The van der Waals surface area contributed by atoms with Gasteiger partial charge in [0, 0.05) is 6.54 Å². The van der Waals surface area contributed by atoms with Crippen molar-refractivity contribution in [3.63, 3.8) is 0 Å². The van der Waals surface area contributed by atoms with Crippen LogP contribution >= 0.6 is 11.6 Å². The minimum Gasteiger partial charge on any atom is -0.369 e. The van der Waals surface area contributed by atoms with Gasteiger partial charge in [-0.2, -0.15) is 0 Å². The lowest BCUT2D eigenvalue weighted by molar-refractivity contribution is 0.112. The average Bonchev–Trinajstić information content (AvgIpc) is 2.36.